The van der Waals surface area contributed by atoms with Crippen LogP contribution in [0.15, 0.2) is 21.7 Å². The number of carbonyl (C=O) groups excluding carboxylic acids is 2. The number of carbonyl (C=O) groups is 3. The Morgan fingerprint density at radius 3 is 2.86 bits per heavy atom. The molecule has 3 atom stereocenters. The van der Waals surface area contributed by atoms with Gasteiger partial charge in [-0.25, -0.2) is 9.78 Å². The number of amides is 1. The minimum atomic E-state index is -1.07. The fraction of sp³-hybridized carbons (Fsp3) is 0.438. The smallest absolute Gasteiger partial charge is 0.332 e. The first kappa shape index (κ1) is 20.7. The number of nitrogen functional groups attached to an aromatic ring is 1. The molecule has 1 aliphatic heterocycles. The fourth-order valence-electron chi connectivity index (χ4n) is 3.22. The molecule has 150 valence electrons. The number of carboxylic acids is 1. The molecule has 1 amide bonds. The maximum absolute atomic E-state index is 12.7. The second kappa shape index (κ2) is 8.53. The van der Waals surface area contributed by atoms with Gasteiger partial charge in [-0.3, -0.25) is 9.59 Å². The van der Waals surface area contributed by atoms with Crippen LogP contribution < -0.4 is 11.1 Å². The lowest BCUT2D eigenvalue weighted by Crippen LogP contribution is -2.66. The number of thioether (sulfide) groups is 2. The molecule has 1 aromatic rings. The first-order valence-corrected chi connectivity index (χ1v) is 11.4. The normalized spacial score (nSPS) is 24.4. The predicted octanol–water partition coefficient (Wildman–Crippen LogP) is 0.619. The van der Waals surface area contributed by atoms with Crippen LogP contribution in [-0.2, 0) is 19.2 Å². The van der Waals surface area contributed by atoms with Crippen molar-refractivity contribution in [2.24, 2.45) is 11.1 Å². The van der Waals surface area contributed by atoms with Gasteiger partial charge in [-0.2, -0.15) is 23.5 Å². The molecule has 0 saturated heterocycles. The molecule has 1 saturated carbocycles. The Hall–Kier alpha value is -2.05. The molecule has 9 nitrogen and oxygen atoms in total. The van der Waals surface area contributed by atoms with Crippen molar-refractivity contribution in [1.82, 2.24) is 10.3 Å². The molecule has 0 bridgehead atoms. The molecule has 12 heteroatoms. The molecule has 1 aliphatic carbocycles. The quantitative estimate of drug-likeness (QED) is 0.409. The third-order valence-electron chi connectivity index (χ3n) is 4.41. The first-order chi connectivity index (χ1) is 13.4. The van der Waals surface area contributed by atoms with Gasteiger partial charge in [0.2, 0.25) is 0 Å². The van der Waals surface area contributed by atoms with Gasteiger partial charge in [-0.05, 0) is 11.8 Å². The van der Waals surface area contributed by atoms with Crippen molar-refractivity contribution in [2.45, 2.75) is 11.3 Å². The van der Waals surface area contributed by atoms with Gasteiger partial charge in [0.15, 0.2) is 16.6 Å². The third kappa shape index (κ3) is 3.76. The fourth-order valence-corrected chi connectivity index (χ4v) is 6.01. The first-order valence-electron chi connectivity index (χ1n) is 8.11. The average Bonchev–Trinajstić information content (AvgIpc) is 3.09. The maximum Gasteiger partial charge on any atom is 0.332 e. The Labute approximate surface area is 173 Å². The number of Topliss-reactive ketones (excluding diaryl/α,β-unsaturated/α-hetero) is 1. The number of hydrogen-bond donors (Lipinski definition) is 3. The highest BCUT2D eigenvalue weighted by atomic mass is 32.2. The Kier molecular flexibility index (Phi) is 6.30. The van der Waals surface area contributed by atoms with E-state index < -0.39 is 23.8 Å². The van der Waals surface area contributed by atoms with Gasteiger partial charge in [0.25, 0.3) is 5.91 Å². The molecule has 28 heavy (non-hydrogen) atoms. The number of thiazole rings is 1. The van der Waals surface area contributed by atoms with E-state index in [1.807, 2.05) is 6.26 Å². The monoisotopic (exact) mass is 442 g/mol. The van der Waals surface area contributed by atoms with E-state index in [0.29, 0.717) is 11.5 Å². The molecular weight excluding hydrogens is 424 g/mol. The topological polar surface area (TPSA) is 144 Å². The van der Waals surface area contributed by atoms with Crippen LogP contribution in [0.4, 0.5) is 5.13 Å². The summed E-state index contributed by atoms with van der Waals surface area (Å²) >= 11 is 4.15. The van der Waals surface area contributed by atoms with E-state index in [0.717, 1.165) is 16.9 Å². The average molecular weight is 443 g/mol. The summed E-state index contributed by atoms with van der Waals surface area (Å²) in [7, 11) is 1.29. The summed E-state index contributed by atoms with van der Waals surface area (Å²) < 4.78 is 0. The number of carboxylic acid groups (broad SMARTS) is 1. The number of hydrogen-bond acceptors (Lipinski definition) is 10. The standard InChI is InChI=1S/C16H18N4O5S3/c1-25-20-10(7-5-28-16(17)18-7)14(22)19-11-12(21)9-8(15(23)24)6(3-26-2)4-27-13(9)11/h5,9,11,13H,3-4H2,1-2H3,(H2,17,18)(H,19,22)(H,23,24)/b20-10-/t9?,11-,13+/m1/s1. The van der Waals surface area contributed by atoms with Crippen LogP contribution in [-0.4, -0.2) is 69.6 Å². The lowest BCUT2D eigenvalue weighted by molar-refractivity contribution is -0.139. The van der Waals surface area contributed by atoms with Crippen molar-refractivity contribution in [3.8, 4) is 0 Å². The molecule has 3 rings (SSSR count). The number of rotatable bonds is 7. The summed E-state index contributed by atoms with van der Waals surface area (Å²) in [6.07, 6.45) is 1.89. The molecule has 4 N–H and O–H groups in total. The number of nitrogens with zero attached hydrogens (tertiary/aromatic N) is 2. The molecule has 2 heterocycles. The highest BCUT2D eigenvalue weighted by molar-refractivity contribution is 8.00. The van der Waals surface area contributed by atoms with Crippen molar-refractivity contribution >= 4 is 63.4 Å². The van der Waals surface area contributed by atoms with Crippen molar-refractivity contribution in [1.29, 1.82) is 0 Å². The number of aliphatic carboxylic acids is 1. The number of oxime groups is 1. The molecular formula is C16H18N4O5S3. The summed E-state index contributed by atoms with van der Waals surface area (Å²) in [5.41, 5.74) is 6.69. The summed E-state index contributed by atoms with van der Waals surface area (Å²) in [6, 6.07) is -0.786. The largest absolute Gasteiger partial charge is 0.478 e. The Balaban J connectivity index is 1.78. The summed E-state index contributed by atoms with van der Waals surface area (Å²) in [6.45, 7) is 0. The van der Waals surface area contributed by atoms with Crippen LogP contribution >= 0.6 is 34.9 Å². The van der Waals surface area contributed by atoms with E-state index in [2.05, 4.69) is 15.5 Å². The number of fused-ring (bicyclic) bond motifs is 1. The predicted molar refractivity (Wildman–Crippen MR) is 110 cm³/mol. The van der Waals surface area contributed by atoms with E-state index >= 15 is 0 Å². The second-order valence-electron chi connectivity index (χ2n) is 6.06. The zero-order valence-corrected chi connectivity index (χ0v) is 17.4. The third-order valence-corrected chi connectivity index (χ3v) is 7.17. The van der Waals surface area contributed by atoms with Gasteiger partial charge >= 0.3 is 5.97 Å². The number of nitrogens with two attached hydrogens (primary N) is 1. The maximum atomic E-state index is 12.7. The Morgan fingerprint density at radius 1 is 1.54 bits per heavy atom. The SMILES string of the molecule is CO/N=C(\C(=O)N[C@@H]1C(=O)C2C(C(=O)O)=C(CSC)CS[C@@H]21)c1csc(N)n1. The molecule has 1 unspecified atom stereocenters. The van der Waals surface area contributed by atoms with Gasteiger partial charge in [0.1, 0.15) is 18.8 Å². The molecule has 2 aliphatic rings. The lowest BCUT2D eigenvalue weighted by Gasteiger charge is -2.46. The van der Waals surface area contributed by atoms with E-state index in [4.69, 9.17) is 10.6 Å². The van der Waals surface area contributed by atoms with Crippen molar-refractivity contribution in [3.05, 3.63) is 22.2 Å². The van der Waals surface area contributed by atoms with Crippen LogP contribution in [0.5, 0.6) is 0 Å². The highest BCUT2D eigenvalue weighted by Crippen LogP contribution is 2.46. The highest BCUT2D eigenvalue weighted by Gasteiger charge is 2.56. The minimum Gasteiger partial charge on any atom is -0.478 e. The van der Waals surface area contributed by atoms with E-state index in [1.165, 1.54) is 30.6 Å². The van der Waals surface area contributed by atoms with Gasteiger partial charge in [-0.1, -0.05) is 5.16 Å². The van der Waals surface area contributed by atoms with Gasteiger partial charge in [-0.15, -0.1) is 11.3 Å². The number of anilines is 1. The van der Waals surface area contributed by atoms with Crippen molar-refractivity contribution in [2.75, 3.05) is 30.6 Å². The molecule has 0 radical (unpaired) electrons. The number of aromatic nitrogens is 1. The van der Waals surface area contributed by atoms with Crippen LogP contribution in [0, 0.1) is 5.92 Å². The molecule has 1 fully saturated rings. The second-order valence-corrected chi connectivity index (χ2v) is 8.98. The van der Waals surface area contributed by atoms with E-state index in [9.17, 15) is 19.5 Å². The lowest BCUT2D eigenvalue weighted by atomic mass is 9.71. The van der Waals surface area contributed by atoms with Crippen molar-refractivity contribution in [3.63, 3.8) is 0 Å². The van der Waals surface area contributed by atoms with E-state index in [-0.39, 0.29) is 33.1 Å². The van der Waals surface area contributed by atoms with E-state index in [1.54, 1.807) is 5.38 Å². The zero-order valence-electron chi connectivity index (χ0n) is 15.0. The van der Waals surface area contributed by atoms with Gasteiger partial charge in [0.05, 0.1) is 5.92 Å². The van der Waals surface area contributed by atoms with Crippen LogP contribution in [0.1, 0.15) is 5.69 Å². The summed E-state index contributed by atoms with van der Waals surface area (Å²) in [5.74, 6) is -1.63. The Bertz CT molecular complexity index is 881. The minimum absolute atomic E-state index is 0.0930. The number of nitrogens with one attached hydrogen (secondary N) is 1. The zero-order chi connectivity index (χ0) is 20.4. The molecule has 0 aromatic carbocycles. The molecule has 1 aromatic heterocycles. The van der Waals surface area contributed by atoms with Crippen molar-refractivity contribution < 1.29 is 24.3 Å². The summed E-state index contributed by atoms with van der Waals surface area (Å²) in [4.78, 5) is 45.8. The van der Waals surface area contributed by atoms with Crippen LogP contribution in [0.3, 0.4) is 0 Å². The van der Waals surface area contributed by atoms with Gasteiger partial charge in [0, 0.05) is 27.7 Å². The number of ketones is 1. The Morgan fingerprint density at radius 2 is 2.29 bits per heavy atom. The van der Waals surface area contributed by atoms with Crippen LogP contribution in [0.2, 0.25) is 0 Å². The van der Waals surface area contributed by atoms with Gasteiger partial charge < -0.3 is 21.0 Å². The van der Waals surface area contributed by atoms with Crippen LogP contribution in [0.25, 0.3) is 0 Å². The summed E-state index contributed by atoms with van der Waals surface area (Å²) in [5, 5.41) is 17.4. The molecule has 0 spiro atoms.